The monoisotopic (exact) mass is 521 g/mol. The summed E-state index contributed by atoms with van der Waals surface area (Å²) in [6.45, 7) is 24.1. The summed E-state index contributed by atoms with van der Waals surface area (Å²) in [5, 5.41) is 43.1. The molecule has 2 aromatic carbocycles. The molecule has 5 nitrogen and oxygen atoms in total. The van der Waals surface area contributed by atoms with Crippen LogP contribution in [0.5, 0.6) is 11.5 Å². The number of phenolic OH excluding ortho intramolecular Hbond substituents is 2. The van der Waals surface area contributed by atoms with Crippen molar-refractivity contribution >= 4 is 5.97 Å². The molecule has 2 aromatic rings. The van der Waals surface area contributed by atoms with Gasteiger partial charge in [-0.1, -0.05) is 107 Å². The average Bonchev–Trinajstić information content (AvgIpc) is 2.71. The number of nitriles is 1. The predicted molar refractivity (Wildman–Crippen MR) is 154 cm³/mol. The summed E-state index contributed by atoms with van der Waals surface area (Å²) in [5.74, 6) is -0.755. The van der Waals surface area contributed by atoms with E-state index in [0.717, 1.165) is 22.3 Å². The number of carboxylic acid groups (broad SMARTS) is 1. The van der Waals surface area contributed by atoms with E-state index in [1.165, 1.54) is 0 Å². The fourth-order valence-electron chi connectivity index (χ4n) is 4.92. The minimum Gasteiger partial charge on any atom is -0.507 e. The highest BCUT2D eigenvalue weighted by molar-refractivity contribution is 5.79. The zero-order valence-electron chi connectivity index (χ0n) is 25.4. The molecule has 0 saturated heterocycles. The van der Waals surface area contributed by atoms with Crippen molar-refractivity contribution in [3.8, 4) is 17.6 Å². The van der Waals surface area contributed by atoms with Crippen LogP contribution < -0.4 is 0 Å². The van der Waals surface area contributed by atoms with E-state index in [2.05, 4.69) is 6.07 Å². The summed E-state index contributed by atoms with van der Waals surface area (Å²) >= 11 is 0. The first-order chi connectivity index (χ1) is 16.9. The molecule has 0 aliphatic heterocycles. The Morgan fingerprint density at radius 3 is 1.03 bits per heavy atom. The fourth-order valence-corrected chi connectivity index (χ4v) is 4.92. The molecule has 0 atom stereocenters. The molecule has 0 amide bonds. The number of rotatable bonds is 5. The van der Waals surface area contributed by atoms with Crippen LogP contribution >= 0.6 is 0 Å². The summed E-state index contributed by atoms with van der Waals surface area (Å²) < 4.78 is 0. The van der Waals surface area contributed by atoms with Crippen LogP contribution in [0.4, 0.5) is 0 Å². The normalized spacial score (nSPS) is 13.3. The molecule has 0 aliphatic rings. The number of carbonyl (C=O) groups is 1. The van der Waals surface area contributed by atoms with Crippen molar-refractivity contribution in [2.24, 2.45) is 5.41 Å². The third kappa shape index (κ3) is 6.52. The van der Waals surface area contributed by atoms with E-state index in [-0.39, 0.29) is 46.0 Å². The lowest BCUT2D eigenvalue weighted by atomic mass is 9.72. The Morgan fingerprint density at radius 2 is 0.868 bits per heavy atom. The average molecular weight is 522 g/mol. The van der Waals surface area contributed by atoms with E-state index in [4.69, 9.17) is 0 Å². The highest BCUT2D eigenvalue weighted by atomic mass is 16.4. The van der Waals surface area contributed by atoms with E-state index < -0.39 is 11.4 Å². The van der Waals surface area contributed by atoms with Crippen molar-refractivity contribution in [3.05, 3.63) is 57.6 Å². The number of carboxylic acids is 1. The molecule has 0 unspecified atom stereocenters. The van der Waals surface area contributed by atoms with Gasteiger partial charge in [-0.05, 0) is 55.0 Å². The van der Waals surface area contributed by atoms with Gasteiger partial charge in [-0.2, -0.15) is 5.26 Å². The molecule has 38 heavy (non-hydrogen) atoms. The van der Waals surface area contributed by atoms with E-state index in [1.807, 2.05) is 107 Å². The second kappa shape index (κ2) is 9.95. The van der Waals surface area contributed by atoms with Gasteiger partial charge in [0, 0.05) is 12.8 Å². The van der Waals surface area contributed by atoms with Gasteiger partial charge < -0.3 is 15.3 Å². The smallest absolute Gasteiger partial charge is 0.324 e. The maximum atomic E-state index is 12.8. The van der Waals surface area contributed by atoms with E-state index in [1.54, 1.807) is 0 Å². The number of benzene rings is 2. The highest BCUT2D eigenvalue weighted by Gasteiger charge is 2.41. The lowest BCUT2D eigenvalue weighted by Crippen LogP contribution is -2.35. The van der Waals surface area contributed by atoms with Gasteiger partial charge in [-0.25, -0.2) is 0 Å². The summed E-state index contributed by atoms with van der Waals surface area (Å²) in [6, 6.07) is 9.53. The highest BCUT2D eigenvalue weighted by Crippen LogP contribution is 2.43. The van der Waals surface area contributed by atoms with Gasteiger partial charge in [-0.3, -0.25) is 4.79 Å². The van der Waals surface area contributed by atoms with E-state index >= 15 is 0 Å². The minimum absolute atomic E-state index is 0.0121. The summed E-state index contributed by atoms with van der Waals surface area (Å²) in [6.07, 6.45) is -0.0241. The van der Waals surface area contributed by atoms with Crippen molar-refractivity contribution in [1.82, 2.24) is 0 Å². The van der Waals surface area contributed by atoms with Crippen LogP contribution in [0.15, 0.2) is 24.3 Å². The second-order valence-electron chi connectivity index (χ2n) is 14.9. The van der Waals surface area contributed by atoms with Crippen LogP contribution in [-0.2, 0) is 39.3 Å². The second-order valence-corrected chi connectivity index (χ2v) is 14.9. The van der Waals surface area contributed by atoms with Crippen LogP contribution in [0.3, 0.4) is 0 Å². The zero-order chi connectivity index (χ0) is 29.6. The molecule has 0 spiro atoms. The minimum atomic E-state index is -1.73. The van der Waals surface area contributed by atoms with E-state index in [0.29, 0.717) is 11.1 Å². The molecule has 0 bridgehead atoms. The molecule has 0 heterocycles. The van der Waals surface area contributed by atoms with Crippen LogP contribution in [0.1, 0.15) is 116 Å². The molecule has 0 aliphatic carbocycles. The van der Waals surface area contributed by atoms with Crippen molar-refractivity contribution in [2.45, 2.75) is 118 Å². The van der Waals surface area contributed by atoms with Crippen LogP contribution in [0.25, 0.3) is 0 Å². The van der Waals surface area contributed by atoms with Gasteiger partial charge in [0.05, 0.1) is 6.07 Å². The molecule has 3 N–H and O–H groups in total. The third-order valence-corrected chi connectivity index (χ3v) is 7.21. The van der Waals surface area contributed by atoms with Crippen molar-refractivity contribution in [3.63, 3.8) is 0 Å². The number of aliphatic carboxylic acids is 1. The molecular weight excluding hydrogens is 474 g/mol. The molecule has 208 valence electrons. The Hall–Kier alpha value is -3.00. The molecule has 0 saturated carbocycles. The zero-order valence-corrected chi connectivity index (χ0v) is 25.4. The number of hydrogen-bond acceptors (Lipinski definition) is 4. The Balaban J connectivity index is 2.78. The van der Waals surface area contributed by atoms with E-state index in [9.17, 15) is 25.4 Å². The predicted octanol–water partition coefficient (Wildman–Crippen LogP) is 7.67. The fraction of sp³-hybridized carbons (Fsp3) is 0.576. The molecular formula is C33H47NO4. The standard InChI is InChI=1S/C33H47NO4/c1-29(2,3)22-13-20(14-23(26(22)35)30(4,5)6)17-33(19-34,28(37)38)18-21-15-24(31(7,8)9)27(36)25(16-21)32(10,11)12/h13-16,35-36H,17-18H2,1-12H3,(H,37,38). The van der Waals surface area contributed by atoms with Gasteiger partial charge in [-0.15, -0.1) is 0 Å². The van der Waals surface area contributed by atoms with Crippen molar-refractivity contribution < 1.29 is 20.1 Å². The summed E-state index contributed by atoms with van der Waals surface area (Å²) in [4.78, 5) is 12.8. The Bertz CT molecular complexity index is 1100. The quantitative estimate of drug-likeness (QED) is 0.375. The van der Waals surface area contributed by atoms with Crippen LogP contribution in [0.2, 0.25) is 0 Å². The lowest BCUT2D eigenvalue weighted by Gasteiger charge is -2.31. The Morgan fingerprint density at radius 1 is 0.632 bits per heavy atom. The maximum absolute atomic E-state index is 12.8. The lowest BCUT2D eigenvalue weighted by molar-refractivity contribution is -0.145. The van der Waals surface area contributed by atoms with Crippen LogP contribution in [-0.4, -0.2) is 21.3 Å². The largest absolute Gasteiger partial charge is 0.507 e. The topological polar surface area (TPSA) is 102 Å². The molecule has 2 rings (SSSR count). The first kappa shape index (κ1) is 31.2. The van der Waals surface area contributed by atoms with Crippen LogP contribution in [0, 0.1) is 16.7 Å². The Kier molecular flexibility index (Phi) is 8.17. The van der Waals surface area contributed by atoms with Gasteiger partial charge >= 0.3 is 5.97 Å². The molecule has 0 radical (unpaired) electrons. The summed E-state index contributed by atoms with van der Waals surface area (Å²) in [7, 11) is 0. The SMILES string of the molecule is CC(C)(C)c1cc(CC(C#N)(Cc2cc(C(C)(C)C)c(O)c(C(C)(C)C)c2)C(=O)O)cc(C(C)(C)C)c1O. The molecule has 0 aromatic heterocycles. The van der Waals surface area contributed by atoms with Gasteiger partial charge in [0.1, 0.15) is 11.5 Å². The number of hydrogen-bond donors (Lipinski definition) is 3. The number of nitrogens with zero attached hydrogens (tertiary/aromatic N) is 1. The van der Waals surface area contributed by atoms with Crippen molar-refractivity contribution in [1.29, 1.82) is 5.26 Å². The third-order valence-electron chi connectivity index (χ3n) is 7.21. The first-order valence-corrected chi connectivity index (χ1v) is 13.3. The van der Waals surface area contributed by atoms with Crippen molar-refractivity contribution in [2.75, 3.05) is 0 Å². The molecule has 0 fully saturated rings. The Labute approximate surface area is 229 Å². The maximum Gasteiger partial charge on any atom is 0.324 e. The summed E-state index contributed by atoms with van der Waals surface area (Å²) in [5.41, 5.74) is 1.08. The number of phenols is 2. The van der Waals surface area contributed by atoms with Gasteiger partial charge in [0.15, 0.2) is 5.41 Å². The molecule has 5 heteroatoms. The number of aromatic hydroxyl groups is 2. The van der Waals surface area contributed by atoms with Gasteiger partial charge in [0.2, 0.25) is 0 Å². The van der Waals surface area contributed by atoms with Gasteiger partial charge in [0.25, 0.3) is 0 Å². The first-order valence-electron chi connectivity index (χ1n) is 13.3.